The number of aromatic nitrogens is 3. The minimum absolute atomic E-state index is 0.352. The van der Waals surface area contributed by atoms with Crippen LogP contribution in [0.5, 0.6) is 0 Å². The fourth-order valence-electron chi connectivity index (χ4n) is 2.60. The quantitative estimate of drug-likeness (QED) is 0.847. The predicted molar refractivity (Wildman–Crippen MR) is 64.2 cm³/mol. The molecular weight excluding hydrogens is 200 g/mol. The number of nitrogens with two attached hydrogens (primary N) is 1. The molecule has 2 atom stereocenters. The van der Waals surface area contributed by atoms with E-state index < -0.39 is 0 Å². The second-order valence-corrected chi connectivity index (χ2v) is 4.88. The van der Waals surface area contributed by atoms with Crippen molar-refractivity contribution in [2.75, 3.05) is 0 Å². The highest BCUT2D eigenvalue weighted by molar-refractivity contribution is 5.02. The molecule has 1 heterocycles. The summed E-state index contributed by atoms with van der Waals surface area (Å²) in [4.78, 5) is 4.65. The fraction of sp³-hybridized carbons (Fsp3) is 0.833. The number of nitrogens with zero attached hydrogens (tertiary/aromatic N) is 3. The Balaban J connectivity index is 2.12. The first-order valence-electron chi connectivity index (χ1n) is 6.36. The topological polar surface area (TPSA) is 56.7 Å². The van der Waals surface area contributed by atoms with Crippen LogP contribution in [0.2, 0.25) is 0 Å². The van der Waals surface area contributed by atoms with Gasteiger partial charge in [-0.05, 0) is 25.7 Å². The van der Waals surface area contributed by atoms with Crippen molar-refractivity contribution in [3.63, 3.8) is 0 Å². The Morgan fingerprint density at radius 1 is 1.44 bits per heavy atom. The third-order valence-electron chi connectivity index (χ3n) is 3.39. The van der Waals surface area contributed by atoms with Crippen molar-refractivity contribution in [2.45, 2.75) is 57.4 Å². The monoisotopic (exact) mass is 222 g/mol. The van der Waals surface area contributed by atoms with E-state index in [4.69, 9.17) is 5.73 Å². The minimum atomic E-state index is 0.352. The molecule has 1 aliphatic carbocycles. The molecule has 0 aliphatic heterocycles. The normalized spacial score (nSPS) is 25.9. The molecule has 1 fully saturated rings. The molecule has 1 aromatic rings. The Bertz CT molecular complexity index is 345. The SMILES string of the molecule is CCCc1nc(C2CCCC(N)C2)n(C)n1. The average molecular weight is 222 g/mol. The summed E-state index contributed by atoms with van der Waals surface area (Å²) in [5.41, 5.74) is 6.02. The van der Waals surface area contributed by atoms with E-state index >= 15 is 0 Å². The van der Waals surface area contributed by atoms with Crippen LogP contribution < -0.4 is 5.73 Å². The Morgan fingerprint density at radius 3 is 2.94 bits per heavy atom. The third kappa shape index (κ3) is 2.43. The summed E-state index contributed by atoms with van der Waals surface area (Å²) in [7, 11) is 2.00. The highest BCUT2D eigenvalue weighted by Crippen LogP contribution is 2.30. The molecule has 0 amide bonds. The fourth-order valence-corrected chi connectivity index (χ4v) is 2.60. The summed E-state index contributed by atoms with van der Waals surface area (Å²) in [6, 6.07) is 0.352. The van der Waals surface area contributed by atoms with Crippen molar-refractivity contribution < 1.29 is 0 Å². The molecule has 4 heteroatoms. The summed E-state index contributed by atoms with van der Waals surface area (Å²) in [5.74, 6) is 2.64. The van der Waals surface area contributed by atoms with Gasteiger partial charge >= 0.3 is 0 Å². The molecule has 0 radical (unpaired) electrons. The summed E-state index contributed by atoms with van der Waals surface area (Å²) in [6.45, 7) is 2.16. The Morgan fingerprint density at radius 2 is 2.25 bits per heavy atom. The highest BCUT2D eigenvalue weighted by atomic mass is 15.3. The molecule has 2 unspecified atom stereocenters. The van der Waals surface area contributed by atoms with Crippen LogP contribution in [0.4, 0.5) is 0 Å². The lowest BCUT2D eigenvalue weighted by molar-refractivity contribution is 0.374. The summed E-state index contributed by atoms with van der Waals surface area (Å²) in [5, 5.41) is 4.47. The van der Waals surface area contributed by atoms with Crippen LogP contribution in [-0.2, 0) is 13.5 Å². The van der Waals surface area contributed by atoms with E-state index in [9.17, 15) is 0 Å². The molecule has 2 N–H and O–H groups in total. The van der Waals surface area contributed by atoms with Crippen LogP contribution in [0.15, 0.2) is 0 Å². The molecule has 0 spiro atoms. The Hall–Kier alpha value is -0.900. The molecule has 1 saturated carbocycles. The maximum absolute atomic E-state index is 6.02. The number of rotatable bonds is 3. The van der Waals surface area contributed by atoms with E-state index in [1.165, 1.54) is 12.8 Å². The number of hydrogen-bond acceptors (Lipinski definition) is 3. The first-order chi connectivity index (χ1) is 7.70. The first-order valence-corrected chi connectivity index (χ1v) is 6.36. The first kappa shape index (κ1) is 11.6. The molecule has 1 aliphatic rings. The van der Waals surface area contributed by atoms with Gasteiger partial charge in [0.25, 0.3) is 0 Å². The van der Waals surface area contributed by atoms with Gasteiger partial charge in [-0.3, -0.25) is 4.68 Å². The van der Waals surface area contributed by atoms with Gasteiger partial charge < -0.3 is 5.73 Å². The lowest BCUT2D eigenvalue weighted by atomic mass is 9.85. The lowest BCUT2D eigenvalue weighted by Crippen LogP contribution is -2.28. The zero-order valence-electron chi connectivity index (χ0n) is 10.3. The smallest absolute Gasteiger partial charge is 0.150 e. The zero-order chi connectivity index (χ0) is 11.5. The summed E-state index contributed by atoms with van der Waals surface area (Å²) >= 11 is 0. The maximum Gasteiger partial charge on any atom is 0.150 e. The van der Waals surface area contributed by atoms with Gasteiger partial charge in [0, 0.05) is 25.4 Å². The second kappa shape index (κ2) is 4.95. The van der Waals surface area contributed by atoms with Crippen LogP contribution >= 0.6 is 0 Å². The Labute approximate surface area is 97.2 Å². The number of hydrogen-bond donors (Lipinski definition) is 1. The van der Waals surface area contributed by atoms with Gasteiger partial charge in [0.05, 0.1) is 0 Å². The van der Waals surface area contributed by atoms with E-state index in [2.05, 4.69) is 17.0 Å². The van der Waals surface area contributed by atoms with Crippen LogP contribution in [0.1, 0.15) is 56.6 Å². The molecule has 90 valence electrons. The van der Waals surface area contributed by atoms with E-state index in [0.717, 1.165) is 37.3 Å². The third-order valence-corrected chi connectivity index (χ3v) is 3.39. The van der Waals surface area contributed by atoms with Gasteiger partial charge in [-0.15, -0.1) is 0 Å². The molecule has 16 heavy (non-hydrogen) atoms. The molecule has 0 saturated heterocycles. The average Bonchev–Trinajstić information content (AvgIpc) is 2.60. The van der Waals surface area contributed by atoms with Crippen molar-refractivity contribution in [2.24, 2.45) is 12.8 Å². The highest BCUT2D eigenvalue weighted by Gasteiger charge is 2.24. The van der Waals surface area contributed by atoms with Crippen molar-refractivity contribution in [1.29, 1.82) is 0 Å². The zero-order valence-corrected chi connectivity index (χ0v) is 10.3. The van der Waals surface area contributed by atoms with Crippen molar-refractivity contribution in [3.8, 4) is 0 Å². The predicted octanol–water partition coefficient (Wildman–Crippen LogP) is 1.75. The molecule has 1 aromatic heterocycles. The molecular formula is C12H22N4. The molecule has 0 bridgehead atoms. The van der Waals surface area contributed by atoms with Crippen LogP contribution in [-0.4, -0.2) is 20.8 Å². The van der Waals surface area contributed by atoms with E-state index in [1.807, 2.05) is 11.7 Å². The van der Waals surface area contributed by atoms with Gasteiger partial charge in [0.2, 0.25) is 0 Å². The maximum atomic E-state index is 6.02. The van der Waals surface area contributed by atoms with Gasteiger partial charge in [-0.1, -0.05) is 13.3 Å². The van der Waals surface area contributed by atoms with E-state index in [0.29, 0.717) is 12.0 Å². The van der Waals surface area contributed by atoms with Crippen molar-refractivity contribution in [1.82, 2.24) is 14.8 Å². The molecule has 4 nitrogen and oxygen atoms in total. The van der Waals surface area contributed by atoms with Gasteiger partial charge in [0.15, 0.2) is 5.82 Å². The molecule has 2 rings (SSSR count). The second-order valence-electron chi connectivity index (χ2n) is 4.88. The van der Waals surface area contributed by atoms with Crippen molar-refractivity contribution >= 4 is 0 Å². The van der Waals surface area contributed by atoms with E-state index in [1.54, 1.807) is 0 Å². The number of aryl methyl sites for hydroxylation is 2. The molecule has 0 aromatic carbocycles. The largest absolute Gasteiger partial charge is 0.328 e. The van der Waals surface area contributed by atoms with Gasteiger partial charge in [-0.2, -0.15) is 5.10 Å². The minimum Gasteiger partial charge on any atom is -0.328 e. The standard InChI is InChI=1S/C12H22N4/c1-3-5-11-14-12(16(2)15-11)9-6-4-7-10(13)8-9/h9-10H,3-8,13H2,1-2H3. The summed E-state index contributed by atoms with van der Waals surface area (Å²) in [6.07, 6.45) is 6.75. The van der Waals surface area contributed by atoms with Gasteiger partial charge in [0.1, 0.15) is 5.82 Å². The lowest BCUT2D eigenvalue weighted by Gasteiger charge is -2.25. The van der Waals surface area contributed by atoms with E-state index in [-0.39, 0.29) is 0 Å². The van der Waals surface area contributed by atoms with Crippen LogP contribution in [0, 0.1) is 0 Å². The van der Waals surface area contributed by atoms with Crippen LogP contribution in [0.25, 0.3) is 0 Å². The summed E-state index contributed by atoms with van der Waals surface area (Å²) < 4.78 is 1.95. The van der Waals surface area contributed by atoms with Crippen molar-refractivity contribution in [3.05, 3.63) is 11.6 Å². The van der Waals surface area contributed by atoms with Gasteiger partial charge in [-0.25, -0.2) is 4.98 Å². The van der Waals surface area contributed by atoms with Crippen LogP contribution in [0.3, 0.4) is 0 Å². The Kier molecular flexibility index (Phi) is 3.59.